The van der Waals surface area contributed by atoms with Crippen LogP contribution < -0.4 is 0 Å². The third-order valence-corrected chi connectivity index (χ3v) is 2.72. The molecule has 0 heterocycles. The Balaban J connectivity index is 0. The average molecular weight is 249 g/mol. The summed E-state index contributed by atoms with van der Waals surface area (Å²) in [7, 11) is 0. The van der Waals surface area contributed by atoms with E-state index in [1.807, 2.05) is 0 Å². The summed E-state index contributed by atoms with van der Waals surface area (Å²) in [6.45, 7) is 2.27. The van der Waals surface area contributed by atoms with Gasteiger partial charge in [-0.05, 0) is 0 Å². The summed E-state index contributed by atoms with van der Waals surface area (Å²) in [4.78, 5) is 0. The van der Waals surface area contributed by atoms with Crippen LogP contribution in [0.1, 0.15) is 52.9 Å². The van der Waals surface area contributed by atoms with E-state index < -0.39 is 0 Å². The molecule has 10 heavy (non-hydrogen) atoms. The van der Waals surface area contributed by atoms with Gasteiger partial charge in [-0.1, -0.05) is 7.43 Å². The Morgan fingerprint density at radius 2 is 1.40 bits per heavy atom. The molecule has 1 heteroatoms. The quantitative estimate of drug-likeness (QED) is 0.500. The maximum atomic E-state index is 2.27. The van der Waals surface area contributed by atoms with Gasteiger partial charge in [0.2, 0.25) is 0 Å². The molecular formula is C9H22Sn. The predicted molar refractivity (Wildman–Crippen MR) is 52.1 cm³/mol. The van der Waals surface area contributed by atoms with E-state index in [0.717, 1.165) is 0 Å². The molecule has 0 bridgehead atoms. The van der Waals surface area contributed by atoms with Crippen molar-refractivity contribution < 1.29 is 0 Å². The molecule has 0 aromatic heterocycles. The molecule has 0 unspecified atom stereocenters. The SMILES string of the molecule is C.CCCCCCC[CH2][SnH]. The van der Waals surface area contributed by atoms with Gasteiger partial charge in [0.1, 0.15) is 0 Å². The fourth-order valence-corrected chi connectivity index (χ4v) is 1.75. The first-order valence-corrected chi connectivity index (χ1v) is 6.45. The molecule has 0 aromatic carbocycles. The molecule has 0 nitrogen and oxygen atoms in total. The Labute approximate surface area is 79.9 Å². The van der Waals surface area contributed by atoms with Gasteiger partial charge < -0.3 is 0 Å². The predicted octanol–water partition coefficient (Wildman–Crippen LogP) is 3.30. The summed E-state index contributed by atoms with van der Waals surface area (Å²) in [5.74, 6) is 0. The number of hydrogen-bond acceptors (Lipinski definition) is 0. The Hall–Kier alpha value is 0.799. The Bertz CT molecular complexity index is 38.0. The second kappa shape index (κ2) is 12.5. The van der Waals surface area contributed by atoms with Crippen LogP contribution in [-0.4, -0.2) is 22.5 Å². The van der Waals surface area contributed by atoms with E-state index in [2.05, 4.69) is 6.92 Å². The van der Waals surface area contributed by atoms with E-state index in [-0.39, 0.29) is 7.43 Å². The summed E-state index contributed by atoms with van der Waals surface area (Å²) in [5.41, 5.74) is 0. The molecule has 0 aromatic rings. The van der Waals surface area contributed by atoms with Crippen LogP contribution in [0.5, 0.6) is 0 Å². The van der Waals surface area contributed by atoms with Crippen LogP contribution in [0.4, 0.5) is 0 Å². The summed E-state index contributed by atoms with van der Waals surface area (Å²) in [6, 6.07) is 0. The molecule has 0 rings (SSSR count). The van der Waals surface area contributed by atoms with Crippen molar-refractivity contribution in [1.29, 1.82) is 0 Å². The molecule has 2 radical (unpaired) electrons. The van der Waals surface area contributed by atoms with Crippen molar-refractivity contribution in [3.63, 3.8) is 0 Å². The van der Waals surface area contributed by atoms with Gasteiger partial charge in [-0.3, -0.25) is 0 Å². The minimum atomic E-state index is 0. The molecule has 0 spiro atoms. The number of rotatable bonds is 6. The van der Waals surface area contributed by atoms with E-state index in [1.165, 1.54) is 65.5 Å². The topological polar surface area (TPSA) is 0 Å². The summed E-state index contributed by atoms with van der Waals surface area (Å²) in [6.07, 6.45) is 8.75. The molecule has 0 atom stereocenters. The van der Waals surface area contributed by atoms with E-state index >= 15 is 0 Å². The van der Waals surface area contributed by atoms with Crippen molar-refractivity contribution in [1.82, 2.24) is 0 Å². The molecule has 0 fully saturated rings. The Kier molecular flexibility index (Phi) is 16.7. The van der Waals surface area contributed by atoms with E-state index in [9.17, 15) is 0 Å². The molecular weight excluding hydrogens is 227 g/mol. The van der Waals surface area contributed by atoms with Gasteiger partial charge in [0.05, 0.1) is 0 Å². The Morgan fingerprint density at radius 3 is 1.90 bits per heavy atom. The molecule has 0 aliphatic heterocycles. The van der Waals surface area contributed by atoms with Crippen molar-refractivity contribution in [3.05, 3.63) is 0 Å². The average Bonchev–Trinajstić information content (AvgIpc) is 1.89. The molecule has 0 saturated heterocycles. The Morgan fingerprint density at radius 1 is 0.900 bits per heavy atom. The second-order valence-electron chi connectivity index (χ2n) is 2.56. The zero-order chi connectivity index (χ0) is 6.95. The minimum absolute atomic E-state index is 0. The van der Waals surface area contributed by atoms with Gasteiger partial charge in [-0.2, -0.15) is 0 Å². The zero-order valence-electron chi connectivity index (χ0n) is 6.53. The van der Waals surface area contributed by atoms with Crippen LogP contribution in [0, 0.1) is 0 Å². The van der Waals surface area contributed by atoms with Gasteiger partial charge in [-0.25, -0.2) is 0 Å². The summed E-state index contributed by atoms with van der Waals surface area (Å²) >= 11 is 1.46. The second-order valence-corrected chi connectivity index (χ2v) is 4.20. The van der Waals surface area contributed by atoms with Crippen LogP contribution in [-0.2, 0) is 0 Å². The van der Waals surface area contributed by atoms with E-state index in [1.54, 1.807) is 0 Å². The van der Waals surface area contributed by atoms with Gasteiger partial charge in [-0.15, -0.1) is 0 Å². The van der Waals surface area contributed by atoms with Crippen molar-refractivity contribution in [3.8, 4) is 0 Å². The van der Waals surface area contributed by atoms with Crippen LogP contribution in [0.25, 0.3) is 0 Å². The monoisotopic (exact) mass is 250 g/mol. The van der Waals surface area contributed by atoms with Gasteiger partial charge in [0.15, 0.2) is 0 Å². The van der Waals surface area contributed by atoms with Crippen molar-refractivity contribution >= 4 is 22.5 Å². The maximum absolute atomic E-state index is 2.27. The first-order chi connectivity index (χ1) is 4.41. The van der Waals surface area contributed by atoms with Crippen LogP contribution in [0.15, 0.2) is 0 Å². The third-order valence-electron chi connectivity index (χ3n) is 1.56. The fourth-order valence-electron chi connectivity index (χ4n) is 0.925. The molecule has 0 aliphatic rings. The van der Waals surface area contributed by atoms with Gasteiger partial charge in [0, 0.05) is 0 Å². The van der Waals surface area contributed by atoms with Crippen LogP contribution in [0.2, 0.25) is 4.44 Å². The summed E-state index contributed by atoms with van der Waals surface area (Å²) < 4.78 is 1.50. The first kappa shape index (κ1) is 13.4. The first-order valence-electron chi connectivity index (χ1n) is 4.12. The standard InChI is InChI=1S/C8H17.CH4.Sn.H/c1-3-5-7-8-6-4-2;;;/h1,3-8H2,2H3;1H4;;. The summed E-state index contributed by atoms with van der Waals surface area (Å²) in [5, 5.41) is 0. The number of hydrogen-bond donors (Lipinski definition) is 0. The number of unbranched alkanes of at least 4 members (excludes halogenated alkanes) is 5. The normalized spacial score (nSPS) is 9.00. The van der Waals surface area contributed by atoms with Crippen LogP contribution in [0.3, 0.4) is 0 Å². The third kappa shape index (κ3) is 11.6. The van der Waals surface area contributed by atoms with Crippen molar-refractivity contribution in [2.24, 2.45) is 0 Å². The van der Waals surface area contributed by atoms with E-state index in [0.29, 0.717) is 0 Å². The molecule has 0 aliphatic carbocycles. The van der Waals surface area contributed by atoms with Gasteiger partial charge >= 0.3 is 72.4 Å². The molecule has 0 amide bonds. The van der Waals surface area contributed by atoms with Crippen LogP contribution >= 0.6 is 0 Å². The zero-order valence-corrected chi connectivity index (χ0v) is 9.82. The van der Waals surface area contributed by atoms with Gasteiger partial charge in [0.25, 0.3) is 0 Å². The molecule has 0 N–H and O–H groups in total. The van der Waals surface area contributed by atoms with Crippen molar-refractivity contribution in [2.75, 3.05) is 0 Å². The van der Waals surface area contributed by atoms with Crippen molar-refractivity contribution in [2.45, 2.75) is 57.3 Å². The molecule has 62 valence electrons. The molecule has 0 saturated carbocycles. The van der Waals surface area contributed by atoms with E-state index in [4.69, 9.17) is 0 Å². The fraction of sp³-hybridized carbons (Fsp3) is 1.00.